The van der Waals surface area contributed by atoms with Gasteiger partial charge in [-0.2, -0.15) is 9.97 Å². The fourth-order valence-electron chi connectivity index (χ4n) is 4.69. The van der Waals surface area contributed by atoms with E-state index in [1.165, 1.54) is 22.4 Å². The van der Waals surface area contributed by atoms with Gasteiger partial charge in [0.05, 0.1) is 12.8 Å². The highest BCUT2D eigenvalue weighted by Gasteiger charge is 2.30. The average Bonchev–Trinajstić information content (AvgIpc) is 2.82. The molecule has 0 saturated carbocycles. The number of hydrogen-bond donors (Lipinski definition) is 0. The Morgan fingerprint density at radius 2 is 1.85 bits per heavy atom. The minimum Gasteiger partial charge on any atom is -0.467 e. The lowest BCUT2D eigenvalue weighted by Crippen LogP contribution is -2.43. The molecule has 1 aromatic heterocycles. The van der Waals surface area contributed by atoms with Crippen molar-refractivity contribution < 1.29 is 9.47 Å². The molecular formula is C27H42N4O2. The van der Waals surface area contributed by atoms with Crippen LogP contribution in [0.25, 0.3) is 0 Å². The normalized spacial score (nSPS) is 15.4. The van der Waals surface area contributed by atoms with Crippen molar-refractivity contribution in [1.82, 2.24) is 9.97 Å². The van der Waals surface area contributed by atoms with Crippen molar-refractivity contribution in [2.75, 3.05) is 37.2 Å². The maximum absolute atomic E-state index is 5.53. The molecule has 1 aliphatic heterocycles. The van der Waals surface area contributed by atoms with Crippen LogP contribution >= 0.6 is 0 Å². The second kappa shape index (κ2) is 11.2. The van der Waals surface area contributed by atoms with Gasteiger partial charge in [0.15, 0.2) is 0 Å². The van der Waals surface area contributed by atoms with E-state index in [-0.39, 0.29) is 0 Å². The lowest BCUT2D eigenvalue weighted by Gasteiger charge is -2.39. The molecule has 182 valence electrons. The summed E-state index contributed by atoms with van der Waals surface area (Å²) in [5.74, 6) is 1.52. The smallest absolute Gasteiger partial charge is 0.318 e. The molecule has 0 aliphatic carbocycles. The summed E-state index contributed by atoms with van der Waals surface area (Å²) in [6, 6.07) is 7.98. The van der Waals surface area contributed by atoms with Crippen molar-refractivity contribution >= 4 is 11.5 Å². The number of hydrogen-bond acceptors (Lipinski definition) is 6. The second-order valence-corrected chi connectivity index (χ2v) is 9.63. The Morgan fingerprint density at radius 3 is 2.48 bits per heavy atom. The maximum atomic E-state index is 5.53. The van der Waals surface area contributed by atoms with Crippen LogP contribution in [0, 0.1) is 6.92 Å². The average molecular weight is 455 g/mol. The number of rotatable bonds is 10. The minimum atomic E-state index is 0.296. The lowest BCUT2D eigenvalue weighted by atomic mass is 9.98. The van der Waals surface area contributed by atoms with Gasteiger partial charge in [0, 0.05) is 56.6 Å². The standard InChI is InChI=1S/C27H42N4O2/c1-9-20(5)31(21(6)13-15-32-7)26-23-17-30(14-12-24(23)28-27(29-26)33-8)25-16-22(18(2)3)11-10-19(25)4/h10-11,16,18,20-21H,9,12-15,17H2,1-8H3/t20-,21+/m0/s1. The number of aryl methyl sites for hydroxylation is 1. The Morgan fingerprint density at radius 1 is 1.09 bits per heavy atom. The van der Waals surface area contributed by atoms with Gasteiger partial charge in [-0.3, -0.25) is 0 Å². The van der Waals surface area contributed by atoms with Gasteiger partial charge in [0.2, 0.25) is 0 Å². The van der Waals surface area contributed by atoms with Gasteiger partial charge >= 0.3 is 6.01 Å². The molecular weight excluding hydrogens is 412 g/mol. The number of ether oxygens (including phenoxy) is 2. The van der Waals surface area contributed by atoms with Crippen LogP contribution in [-0.4, -0.2) is 49.4 Å². The van der Waals surface area contributed by atoms with E-state index >= 15 is 0 Å². The van der Waals surface area contributed by atoms with Crippen molar-refractivity contribution in [1.29, 1.82) is 0 Å². The van der Waals surface area contributed by atoms with Gasteiger partial charge in [0.1, 0.15) is 5.82 Å². The van der Waals surface area contributed by atoms with Crippen LogP contribution in [0.3, 0.4) is 0 Å². The fourth-order valence-corrected chi connectivity index (χ4v) is 4.69. The van der Waals surface area contributed by atoms with Gasteiger partial charge in [-0.05, 0) is 56.7 Å². The van der Waals surface area contributed by atoms with Gasteiger partial charge in [-0.1, -0.05) is 32.9 Å². The molecule has 3 rings (SSSR count). The molecule has 6 heteroatoms. The van der Waals surface area contributed by atoms with Crippen LogP contribution in [0.15, 0.2) is 18.2 Å². The predicted octanol–water partition coefficient (Wildman–Crippen LogP) is 5.51. The summed E-state index contributed by atoms with van der Waals surface area (Å²) < 4.78 is 10.9. The first-order valence-corrected chi connectivity index (χ1v) is 12.4. The number of benzene rings is 1. The zero-order valence-corrected chi connectivity index (χ0v) is 21.8. The number of anilines is 2. The van der Waals surface area contributed by atoms with E-state index in [9.17, 15) is 0 Å². The molecule has 0 N–H and O–H groups in total. The van der Waals surface area contributed by atoms with Crippen LogP contribution in [0.5, 0.6) is 6.01 Å². The Balaban J connectivity index is 2.06. The van der Waals surface area contributed by atoms with Gasteiger partial charge in [0.25, 0.3) is 0 Å². The maximum Gasteiger partial charge on any atom is 0.318 e. The van der Waals surface area contributed by atoms with Crippen LogP contribution in [0.1, 0.15) is 75.8 Å². The molecule has 0 unspecified atom stereocenters. The first-order valence-electron chi connectivity index (χ1n) is 12.4. The van der Waals surface area contributed by atoms with Crippen molar-refractivity contribution in [2.24, 2.45) is 0 Å². The molecule has 2 heterocycles. The zero-order valence-electron chi connectivity index (χ0n) is 21.8. The number of nitrogens with zero attached hydrogens (tertiary/aromatic N) is 4. The van der Waals surface area contributed by atoms with E-state index in [2.05, 4.69) is 69.5 Å². The van der Waals surface area contributed by atoms with Crippen molar-refractivity contribution in [2.45, 2.75) is 85.4 Å². The lowest BCUT2D eigenvalue weighted by molar-refractivity contribution is 0.187. The molecule has 0 radical (unpaired) electrons. The van der Waals surface area contributed by atoms with E-state index < -0.39 is 0 Å². The highest BCUT2D eigenvalue weighted by Crippen LogP contribution is 2.35. The molecule has 2 aromatic rings. The number of methoxy groups -OCH3 is 2. The Bertz CT molecular complexity index is 931. The first-order chi connectivity index (χ1) is 15.8. The Hall–Kier alpha value is -2.34. The fraction of sp³-hybridized carbons (Fsp3) is 0.630. The molecule has 0 spiro atoms. The molecule has 2 atom stereocenters. The van der Waals surface area contributed by atoms with Crippen LogP contribution in [0.4, 0.5) is 11.5 Å². The Kier molecular flexibility index (Phi) is 8.57. The monoisotopic (exact) mass is 454 g/mol. The molecule has 0 amide bonds. The molecule has 33 heavy (non-hydrogen) atoms. The molecule has 0 saturated heterocycles. The highest BCUT2D eigenvalue weighted by atomic mass is 16.5. The SMILES string of the molecule is CC[C@H](C)N(c1nc(OC)nc2c1CN(c1cc(C(C)C)ccc1C)CC2)[C@H](C)CCOC. The van der Waals surface area contributed by atoms with Crippen LogP contribution in [-0.2, 0) is 17.7 Å². The van der Waals surface area contributed by atoms with Gasteiger partial charge in [-0.15, -0.1) is 0 Å². The summed E-state index contributed by atoms with van der Waals surface area (Å²) in [5.41, 5.74) is 6.34. The third kappa shape index (κ3) is 5.60. The van der Waals surface area contributed by atoms with Crippen molar-refractivity contribution in [3.63, 3.8) is 0 Å². The summed E-state index contributed by atoms with van der Waals surface area (Å²) >= 11 is 0. The van der Waals surface area contributed by atoms with E-state index in [4.69, 9.17) is 19.4 Å². The summed E-state index contributed by atoms with van der Waals surface area (Å²) in [6.45, 7) is 16.0. The molecule has 1 aliphatic rings. The number of fused-ring (bicyclic) bond motifs is 1. The van der Waals surface area contributed by atoms with Crippen LogP contribution in [0.2, 0.25) is 0 Å². The third-order valence-electron chi connectivity index (χ3n) is 6.97. The van der Waals surface area contributed by atoms with E-state index in [1.807, 2.05) is 0 Å². The van der Waals surface area contributed by atoms with Crippen molar-refractivity contribution in [3.8, 4) is 6.01 Å². The zero-order chi connectivity index (χ0) is 24.1. The molecule has 1 aromatic carbocycles. The molecule has 0 bridgehead atoms. The quantitative estimate of drug-likeness (QED) is 0.472. The van der Waals surface area contributed by atoms with E-state index in [0.717, 1.165) is 50.5 Å². The molecule has 6 nitrogen and oxygen atoms in total. The van der Waals surface area contributed by atoms with Gasteiger partial charge < -0.3 is 19.3 Å². The third-order valence-corrected chi connectivity index (χ3v) is 6.97. The highest BCUT2D eigenvalue weighted by molar-refractivity contribution is 5.60. The molecule has 0 fully saturated rings. The number of aromatic nitrogens is 2. The Labute approximate surface area is 200 Å². The topological polar surface area (TPSA) is 50.7 Å². The minimum absolute atomic E-state index is 0.296. The first kappa shape index (κ1) is 25.3. The largest absolute Gasteiger partial charge is 0.467 e. The van der Waals surface area contributed by atoms with E-state index in [1.54, 1.807) is 14.2 Å². The predicted molar refractivity (Wildman–Crippen MR) is 137 cm³/mol. The van der Waals surface area contributed by atoms with Gasteiger partial charge in [-0.25, -0.2) is 0 Å². The summed E-state index contributed by atoms with van der Waals surface area (Å²) in [6.07, 6.45) is 2.87. The van der Waals surface area contributed by atoms with Crippen molar-refractivity contribution in [3.05, 3.63) is 40.6 Å². The van der Waals surface area contributed by atoms with Crippen LogP contribution < -0.4 is 14.5 Å². The second-order valence-electron chi connectivity index (χ2n) is 9.63. The summed E-state index contributed by atoms with van der Waals surface area (Å²) in [4.78, 5) is 14.6. The summed E-state index contributed by atoms with van der Waals surface area (Å²) in [5, 5.41) is 0. The summed E-state index contributed by atoms with van der Waals surface area (Å²) in [7, 11) is 3.42. The van der Waals surface area contributed by atoms with E-state index in [0.29, 0.717) is 24.0 Å².